The summed E-state index contributed by atoms with van der Waals surface area (Å²) in [5.74, 6) is -0.884. The van der Waals surface area contributed by atoms with Crippen LogP contribution < -0.4 is 0 Å². The molecule has 0 aliphatic rings. The SMILES string of the molecule is CC/C=C\C/C=C\C/C=C\C/C=C\C/C=C\C/C=C\C/C=C\CCCCCCCCCCCCCC(=O)OCC(COC(=O)CCCCCCCCCCCCCCCCC)OC(=O)CCCCCCC/C=C\C/C=C\CCCCCC. The zero-order chi connectivity index (χ0) is 59.2. The lowest BCUT2D eigenvalue weighted by Gasteiger charge is -2.18. The Balaban J connectivity index is 4.26. The molecule has 0 amide bonds. The summed E-state index contributed by atoms with van der Waals surface area (Å²) in [6.45, 7) is 6.53. The van der Waals surface area contributed by atoms with Gasteiger partial charge in [0.1, 0.15) is 13.2 Å². The van der Waals surface area contributed by atoms with Crippen LogP contribution in [0.2, 0.25) is 0 Å². The first-order chi connectivity index (χ1) is 40.5. The maximum Gasteiger partial charge on any atom is 0.306 e. The first kappa shape index (κ1) is 78.1. The van der Waals surface area contributed by atoms with Gasteiger partial charge in [0.25, 0.3) is 0 Å². The molecule has 0 aliphatic heterocycles. The third-order valence-electron chi connectivity index (χ3n) is 15.0. The zero-order valence-electron chi connectivity index (χ0n) is 54.0. The Morgan fingerprint density at radius 3 is 0.756 bits per heavy atom. The van der Waals surface area contributed by atoms with E-state index < -0.39 is 6.10 Å². The van der Waals surface area contributed by atoms with Crippen molar-refractivity contribution in [1.82, 2.24) is 0 Å². The lowest BCUT2D eigenvalue weighted by atomic mass is 10.0. The number of ether oxygens (including phenoxy) is 3. The van der Waals surface area contributed by atoms with Gasteiger partial charge in [0.2, 0.25) is 0 Å². The van der Waals surface area contributed by atoms with Gasteiger partial charge in [-0.2, -0.15) is 0 Å². The second kappa shape index (κ2) is 69.6. The first-order valence-corrected chi connectivity index (χ1v) is 34.9. The summed E-state index contributed by atoms with van der Waals surface area (Å²) < 4.78 is 17.0. The highest BCUT2D eigenvalue weighted by molar-refractivity contribution is 5.71. The fourth-order valence-electron chi connectivity index (χ4n) is 9.81. The second-order valence-electron chi connectivity index (χ2n) is 23.1. The van der Waals surface area contributed by atoms with Crippen LogP contribution in [0.3, 0.4) is 0 Å². The molecule has 0 spiro atoms. The van der Waals surface area contributed by atoms with Gasteiger partial charge >= 0.3 is 17.9 Å². The van der Waals surface area contributed by atoms with E-state index in [2.05, 4.69) is 130 Å². The number of esters is 3. The van der Waals surface area contributed by atoms with E-state index in [9.17, 15) is 14.4 Å². The summed E-state index contributed by atoms with van der Waals surface area (Å²) in [6, 6.07) is 0. The quantitative estimate of drug-likeness (QED) is 0.0261. The van der Waals surface area contributed by atoms with Crippen LogP contribution in [0.1, 0.15) is 335 Å². The number of carbonyl (C=O) groups is 3. The molecule has 1 unspecified atom stereocenters. The molecule has 0 heterocycles. The molecule has 0 aliphatic carbocycles. The van der Waals surface area contributed by atoms with E-state index >= 15 is 0 Å². The Bertz CT molecular complexity index is 1640. The highest BCUT2D eigenvalue weighted by Gasteiger charge is 2.19. The fourth-order valence-corrected chi connectivity index (χ4v) is 9.81. The number of carbonyl (C=O) groups excluding carboxylic acids is 3. The van der Waals surface area contributed by atoms with Crippen molar-refractivity contribution in [2.75, 3.05) is 13.2 Å². The molecule has 6 heteroatoms. The molecule has 0 N–H and O–H groups in total. The minimum Gasteiger partial charge on any atom is -0.462 e. The van der Waals surface area contributed by atoms with Gasteiger partial charge in [-0.15, -0.1) is 0 Å². The fraction of sp³-hybridized carbons (Fsp3) is 0.724. The number of hydrogen-bond donors (Lipinski definition) is 0. The molecule has 0 fully saturated rings. The van der Waals surface area contributed by atoms with E-state index in [1.165, 1.54) is 167 Å². The second-order valence-corrected chi connectivity index (χ2v) is 23.1. The van der Waals surface area contributed by atoms with Crippen molar-refractivity contribution in [2.24, 2.45) is 0 Å². The first-order valence-electron chi connectivity index (χ1n) is 34.9. The van der Waals surface area contributed by atoms with E-state index in [0.717, 1.165) is 128 Å². The van der Waals surface area contributed by atoms with Crippen molar-refractivity contribution >= 4 is 17.9 Å². The molecule has 0 bridgehead atoms. The predicted molar refractivity (Wildman–Crippen MR) is 357 cm³/mol. The molecule has 6 nitrogen and oxygen atoms in total. The lowest BCUT2D eigenvalue weighted by molar-refractivity contribution is -0.167. The number of unbranched alkanes of at least 4 members (excludes halogenated alkanes) is 34. The van der Waals surface area contributed by atoms with E-state index in [1.54, 1.807) is 0 Å². The average molecular weight is 1140 g/mol. The molecule has 0 aromatic heterocycles. The normalized spacial score (nSPS) is 12.8. The number of hydrogen-bond acceptors (Lipinski definition) is 6. The molecule has 0 saturated carbocycles. The van der Waals surface area contributed by atoms with Crippen molar-refractivity contribution < 1.29 is 28.6 Å². The standard InChI is InChI=1S/C76H130O6/c1-4-7-10-13-16-19-22-25-28-30-31-32-33-34-35-36-37-38-39-40-41-42-43-44-45-46-49-51-54-57-60-63-66-69-75(78)81-72-73(71-80-74(77)68-65-62-59-56-53-50-47-27-24-21-18-15-12-9-6-3)82-76(79)70-67-64-61-58-55-52-48-29-26-23-20-17-14-11-8-5-2/h7,10,16,19-20,23,25,28-29,31-32,34-35,37-38,40-41,48,73H,4-6,8-9,11-15,17-18,21-22,24,26-27,30,33,36,39,42-47,49-72H2,1-3H3/b10-7-,19-16-,23-20-,28-25-,32-31-,35-34-,38-37-,41-40-,48-29-. The molecule has 82 heavy (non-hydrogen) atoms. The highest BCUT2D eigenvalue weighted by atomic mass is 16.6. The largest absolute Gasteiger partial charge is 0.462 e. The third kappa shape index (κ3) is 66.9. The molecule has 0 saturated heterocycles. The van der Waals surface area contributed by atoms with Crippen molar-refractivity contribution in [2.45, 2.75) is 341 Å². The predicted octanol–water partition coefficient (Wildman–Crippen LogP) is 24.2. The summed E-state index contributed by atoms with van der Waals surface area (Å²) in [5, 5.41) is 0. The third-order valence-corrected chi connectivity index (χ3v) is 15.0. The molecule has 0 aromatic rings. The van der Waals surface area contributed by atoms with Crippen LogP contribution in [0.25, 0.3) is 0 Å². The number of rotatable bonds is 63. The smallest absolute Gasteiger partial charge is 0.306 e. The molecule has 0 rings (SSSR count). The van der Waals surface area contributed by atoms with Crippen LogP contribution in [-0.4, -0.2) is 37.2 Å². The van der Waals surface area contributed by atoms with Gasteiger partial charge in [0.05, 0.1) is 0 Å². The van der Waals surface area contributed by atoms with Crippen molar-refractivity contribution in [3.8, 4) is 0 Å². The van der Waals surface area contributed by atoms with Crippen molar-refractivity contribution in [3.63, 3.8) is 0 Å². The van der Waals surface area contributed by atoms with Gasteiger partial charge in [-0.3, -0.25) is 14.4 Å². The Labute approximate surface area is 508 Å². The van der Waals surface area contributed by atoms with Crippen molar-refractivity contribution in [3.05, 3.63) is 109 Å². The van der Waals surface area contributed by atoms with Gasteiger partial charge in [-0.1, -0.05) is 316 Å². The Kier molecular flexibility index (Phi) is 66.2. The lowest BCUT2D eigenvalue weighted by Crippen LogP contribution is -2.30. The minimum atomic E-state index is -0.786. The van der Waals surface area contributed by atoms with E-state index in [4.69, 9.17) is 14.2 Å². The molecular formula is C76H130O6. The van der Waals surface area contributed by atoms with E-state index in [0.29, 0.717) is 19.3 Å². The summed E-state index contributed by atoms with van der Waals surface area (Å²) >= 11 is 0. The minimum absolute atomic E-state index is 0.0808. The van der Waals surface area contributed by atoms with Crippen molar-refractivity contribution in [1.29, 1.82) is 0 Å². The Morgan fingerprint density at radius 1 is 0.256 bits per heavy atom. The molecule has 1 atom stereocenters. The van der Waals surface area contributed by atoms with E-state index in [1.807, 2.05) is 0 Å². The van der Waals surface area contributed by atoms with Gasteiger partial charge in [0, 0.05) is 19.3 Å². The van der Waals surface area contributed by atoms with Gasteiger partial charge in [-0.05, 0) is 109 Å². The monoisotopic (exact) mass is 1140 g/mol. The zero-order valence-corrected chi connectivity index (χ0v) is 54.0. The Morgan fingerprint density at radius 2 is 0.476 bits per heavy atom. The van der Waals surface area contributed by atoms with Crippen LogP contribution >= 0.6 is 0 Å². The molecular weight excluding hydrogens is 1010 g/mol. The van der Waals surface area contributed by atoms with Crippen LogP contribution in [0.4, 0.5) is 0 Å². The molecule has 0 radical (unpaired) electrons. The van der Waals surface area contributed by atoms with Crippen LogP contribution in [0, 0.1) is 0 Å². The number of allylic oxidation sites excluding steroid dienone is 18. The van der Waals surface area contributed by atoms with Gasteiger partial charge < -0.3 is 14.2 Å². The molecule has 0 aromatic carbocycles. The van der Waals surface area contributed by atoms with Gasteiger partial charge in [0.15, 0.2) is 6.10 Å². The summed E-state index contributed by atoms with van der Waals surface area (Å²) in [7, 11) is 0. The topological polar surface area (TPSA) is 78.9 Å². The van der Waals surface area contributed by atoms with Crippen LogP contribution in [0.15, 0.2) is 109 Å². The summed E-state index contributed by atoms with van der Waals surface area (Å²) in [6.07, 6.45) is 95.3. The summed E-state index contributed by atoms with van der Waals surface area (Å²) in [4.78, 5) is 38.4. The highest BCUT2D eigenvalue weighted by Crippen LogP contribution is 2.17. The average Bonchev–Trinajstić information content (AvgIpc) is 3.47. The van der Waals surface area contributed by atoms with Crippen LogP contribution in [-0.2, 0) is 28.6 Å². The van der Waals surface area contributed by atoms with E-state index in [-0.39, 0.29) is 31.1 Å². The maximum absolute atomic E-state index is 12.9. The van der Waals surface area contributed by atoms with Crippen LogP contribution in [0.5, 0.6) is 0 Å². The summed E-state index contributed by atoms with van der Waals surface area (Å²) in [5.41, 5.74) is 0. The van der Waals surface area contributed by atoms with Gasteiger partial charge in [-0.25, -0.2) is 0 Å². The molecule has 470 valence electrons. The maximum atomic E-state index is 12.9. The Hall–Kier alpha value is -3.93.